The van der Waals surface area contributed by atoms with E-state index in [2.05, 4.69) is 10.5 Å². The molecule has 6 heteroatoms. The molecular formula is C23H22N2O4. The first-order chi connectivity index (χ1) is 14.0. The Morgan fingerprint density at radius 3 is 2.41 bits per heavy atom. The maximum absolute atomic E-state index is 12.2. The van der Waals surface area contributed by atoms with Gasteiger partial charge in [0.1, 0.15) is 23.9 Å². The van der Waals surface area contributed by atoms with Gasteiger partial charge in [-0.25, -0.2) is 5.43 Å². The van der Waals surface area contributed by atoms with Gasteiger partial charge in [-0.3, -0.25) is 4.79 Å². The minimum absolute atomic E-state index is 0.0406. The minimum Gasteiger partial charge on any atom is -0.507 e. The van der Waals surface area contributed by atoms with Crippen LogP contribution in [0.25, 0.3) is 0 Å². The van der Waals surface area contributed by atoms with Crippen molar-refractivity contribution in [3.63, 3.8) is 0 Å². The molecule has 0 bridgehead atoms. The number of hydrogen-bond acceptors (Lipinski definition) is 5. The number of hydrazone groups is 1. The summed E-state index contributed by atoms with van der Waals surface area (Å²) in [6, 6.07) is 19.7. The number of carbonyl (C=O) groups excluding carboxylic acids is 1. The molecule has 0 radical (unpaired) electrons. The van der Waals surface area contributed by atoms with Crippen LogP contribution in [0.15, 0.2) is 71.8 Å². The van der Waals surface area contributed by atoms with Crippen LogP contribution in [0.2, 0.25) is 0 Å². The lowest BCUT2D eigenvalue weighted by Crippen LogP contribution is -2.17. The van der Waals surface area contributed by atoms with Gasteiger partial charge in [0, 0.05) is 11.1 Å². The Bertz CT molecular complexity index is 996. The number of nitrogens with one attached hydrogen (secondary N) is 1. The van der Waals surface area contributed by atoms with E-state index in [-0.39, 0.29) is 11.7 Å². The fourth-order valence-corrected chi connectivity index (χ4v) is 2.54. The third kappa shape index (κ3) is 5.59. The van der Waals surface area contributed by atoms with Crippen molar-refractivity contribution in [3.8, 4) is 17.2 Å². The highest BCUT2D eigenvalue weighted by atomic mass is 16.5. The topological polar surface area (TPSA) is 80.2 Å². The van der Waals surface area contributed by atoms with Crippen molar-refractivity contribution in [1.82, 2.24) is 5.43 Å². The van der Waals surface area contributed by atoms with Crippen molar-refractivity contribution in [2.24, 2.45) is 5.10 Å². The maximum Gasteiger partial charge on any atom is 0.271 e. The first kappa shape index (κ1) is 19.9. The first-order valence-corrected chi connectivity index (χ1v) is 9.04. The molecule has 0 aliphatic rings. The van der Waals surface area contributed by atoms with Crippen LogP contribution in [0.3, 0.4) is 0 Å². The minimum atomic E-state index is -0.367. The third-order valence-electron chi connectivity index (χ3n) is 4.25. The molecular weight excluding hydrogens is 368 g/mol. The molecule has 2 N–H and O–H groups in total. The van der Waals surface area contributed by atoms with E-state index in [0.29, 0.717) is 29.2 Å². The van der Waals surface area contributed by atoms with E-state index >= 15 is 0 Å². The quantitative estimate of drug-likeness (QED) is 0.471. The fraction of sp³-hybridized carbons (Fsp3) is 0.130. The zero-order valence-electron chi connectivity index (χ0n) is 16.3. The molecule has 0 aliphatic heterocycles. The van der Waals surface area contributed by atoms with Crippen molar-refractivity contribution in [2.45, 2.75) is 13.5 Å². The van der Waals surface area contributed by atoms with Gasteiger partial charge in [-0.15, -0.1) is 0 Å². The predicted octanol–water partition coefficient (Wildman–Crippen LogP) is 4.05. The second-order valence-corrected chi connectivity index (χ2v) is 6.42. The zero-order valence-corrected chi connectivity index (χ0v) is 16.3. The second kappa shape index (κ2) is 9.41. The molecule has 0 heterocycles. The van der Waals surface area contributed by atoms with Crippen LogP contribution in [0.5, 0.6) is 17.2 Å². The number of methoxy groups -OCH3 is 1. The molecule has 148 valence electrons. The monoisotopic (exact) mass is 390 g/mol. The molecule has 3 aromatic carbocycles. The van der Waals surface area contributed by atoms with Gasteiger partial charge in [-0.1, -0.05) is 29.8 Å². The lowest BCUT2D eigenvalue weighted by atomic mass is 10.2. The summed E-state index contributed by atoms with van der Waals surface area (Å²) in [5.74, 6) is 0.927. The van der Waals surface area contributed by atoms with E-state index < -0.39 is 0 Å². The molecule has 0 unspecified atom stereocenters. The highest BCUT2D eigenvalue weighted by Crippen LogP contribution is 2.21. The van der Waals surface area contributed by atoms with Gasteiger partial charge >= 0.3 is 0 Å². The Hall–Kier alpha value is -3.80. The molecule has 0 atom stereocenters. The highest BCUT2D eigenvalue weighted by Gasteiger charge is 2.05. The summed E-state index contributed by atoms with van der Waals surface area (Å²) >= 11 is 0. The van der Waals surface area contributed by atoms with Gasteiger partial charge in [0.25, 0.3) is 5.91 Å². The number of aryl methyl sites for hydroxylation is 1. The fourth-order valence-electron chi connectivity index (χ4n) is 2.54. The van der Waals surface area contributed by atoms with Gasteiger partial charge in [-0.2, -0.15) is 5.10 Å². The van der Waals surface area contributed by atoms with E-state index in [1.807, 2.05) is 31.2 Å². The van der Waals surface area contributed by atoms with Crippen LogP contribution < -0.4 is 14.9 Å². The summed E-state index contributed by atoms with van der Waals surface area (Å²) < 4.78 is 10.8. The number of rotatable bonds is 7. The second-order valence-electron chi connectivity index (χ2n) is 6.42. The molecule has 0 fully saturated rings. The van der Waals surface area contributed by atoms with Gasteiger partial charge in [0.2, 0.25) is 0 Å². The largest absolute Gasteiger partial charge is 0.507 e. The van der Waals surface area contributed by atoms with Crippen LogP contribution in [-0.2, 0) is 6.61 Å². The number of amides is 1. The summed E-state index contributed by atoms with van der Waals surface area (Å²) in [5.41, 5.74) is 5.59. The van der Waals surface area contributed by atoms with Crippen LogP contribution >= 0.6 is 0 Å². The molecule has 0 spiro atoms. The zero-order chi connectivity index (χ0) is 20.6. The van der Waals surface area contributed by atoms with Crippen LogP contribution in [0.4, 0.5) is 0 Å². The smallest absolute Gasteiger partial charge is 0.271 e. The van der Waals surface area contributed by atoms with Gasteiger partial charge < -0.3 is 14.6 Å². The number of benzene rings is 3. The number of phenols is 1. The molecule has 6 nitrogen and oxygen atoms in total. The highest BCUT2D eigenvalue weighted by molar-refractivity contribution is 5.95. The van der Waals surface area contributed by atoms with E-state index in [9.17, 15) is 9.90 Å². The lowest BCUT2D eigenvalue weighted by molar-refractivity contribution is 0.0955. The Kier molecular flexibility index (Phi) is 6.47. The Balaban J connectivity index is 1.55. The molecule has 29 heavy (non-hydrogen) atoms. The Morgan fingerprint density at radius 2 is 1.72 bits per heavy atom. The predicted molar refractivity (Wildman–Crippen MR) is 112 cm³/mol. The van der Waals surface area contributed by atoms with E-state index in [4.69, 9.17) is 9.47 Å². The molecule has 3 rings (SSSR count). The van der Waals surface area contributed by atoms with Crippen LogP contribution in [-0.4, -0.2) is 24.3 Å². The number of carbonyl (C=O) groups is 1. The van der Waals surface area contributed by atoms with E-state index in [1.54, 1.807) is 36.4 Å². The summed E-state index contributed by atoms with van der Waals surface area (Å²) in [4.78, 5) is 12.2. The Morgan fingerprint density at radius 1 is 1.03 bits per heavy atom. The standard InChI is InChI=1S/C23H22N2O4/c1-16-3-5-17(6-4-16)15-29-20-9-7-18(8-10-20)23(27)25-24-14-19-13-21(28-2)11-12-22(19)26/h3-14,26H,15H2,1-2H3,(H,25,27)/b24-14+. The van der Waals surface area contributed by atoms with E-state index in [1.165, 1.54) is 25.0 Å². The first-order valence-electron chi connectivity index (χ1n) is 9.04. The molecule has 0 saturated heterocycles. The summed E-state index contributed by atoms with van der Waals surface area (Å²) in [6.45, 7) is 2.50. The number of hydrogen-bond donors (Lipinski definition) is 2. The average molecular weight is 390 g/mol. The molecule has 0 saturated carbocycles. The maximum atomic E-state index is 12.2. The SMILES string of the molecule is COc1ccc(O)c(/C=N/NC(=O)c2ccc(OCc3ccc(C)cc3)cc2)c1. The number of nitrogens with zero attached hydrogens (tertiary/aromatic N) is 1. The Labute approximate surface area is 169 Å². The van der Waals surface area contributed by atoms with Crippen molar-refractivity contribution in [3.05, 3.63) is 89.0 Å². The van der Waals surface area contributed by atoms with Crippen molar-refractivity contribution in [2.75, 3.05) is 7.11 Å². The molecule has 3 aromatic rings. The van der Waals surface area contributed by atoms with E-state index in [0.717, 1.165) is 5.56 Å². The number of phenolic OH excluding ortho intramolecular Hbond substituents is 1. The summed E-state index contributed by atoms with van der Waals surface area (Å²) in [5, 5.41) is 13.7. The van der Waals surface area contributed by atoms with Crippen molar-refractivity contribution >= 4 is 12.1 Å². The normalized spacial score (nSPS) is 10.7. The average Bonchev–Trinajstić information content (AvgIpc) is 2.75. The van der Waals surface area contributed by atoms with Gasteiger partial charge in [0.15, 0.2) is 0 Å². The van der Waals surface area contributed by atoms with Gasteiger partial charge in [0.05, 0.1) is 13.3 Å². The van der Waals surface area contributed by atoms with Crippen LogP contribution in [0.1, 0.15) is 27.0 Å². The summed E-state index contributed by atoms with van der Waals surface area (Å²) in [6.07, 6.45) is 1.36. The number of ether oxygens (including phenoxy) is 2. The summed E-state index contributed by atoms with van der Waals surface area (Å²) in [7, 11) is 1.53. The van der Waals surface area contributed by atoms with Crippen molar-refractivity contribution < 1.29 is 19.4 Å². The molecule has 0 aliphatic carbocycles. The lowest BCUT2D eigenvalue weighted by Gasteiger charge is -2.07. The third-order valence-corrected chi connectivity index (χ3v) is 4.25. The van der Waals surface area contributed by atoms with Crippen LogP contribution in [0, 0.1) is 6.92 Å². The number of aromatic hydroxyl groups is 1. The van der Waals surface area contributed by atoms with Gasteiger partial charge in [-0.05, 0) is 55.0 Å². The molecule has 0 aromatic heterocycles. The molecule has 1 amide bonds. The van der Waals surface area contributed by atoms with Crippen molar-refractivity contribution in [1.29, 1.82) is 0 Å².